The third kappa shape index (κ3) is 1.26. The van der Waals surface area contributed by atoms with E-state index < -0.39 is 0 Å². The van der Waals surface area contributed by atoms with E-state index in [2.05, 4.69) is 40.5 Å². The zero-order valence-corrected chi connectivity index (χ0v) is 8.32. The average molecular weight is 188 g/mol. The first-order chi connectivity index (χ1) is 6.95. The van der Waals surface area contributed by atoms with Gasteiger partial charge in [-0.3, -0.25) is 10.2 Å². The lowest BCUT2D eigenvalue weighted by molar-refractivity contribution is 0.240. The second-order valence-corrected chi connectivity index (χ2v) is 4.26. The predicted molar refractivity (Wildman–Crippen MR) is 56.9 cm³/mol. The van der Waals surface area contributed by atoms with Gasteiger partial charge in [-0.2, -0.15) is 0 Å². The van der Waals surface area contributed by atoms with E-state index >= 15 is 0 Å². The Morgan fingerprint density at radius 1 is 1.21 bits per heavy atom. The largest absolute Gasteiger partial charge is 0.296 e. The molecule has 1 aromatic carbocycles. The van der Waals surface area contributed by atoms with Crippen molar-refractivity contribution >= 4 is 0 Å². The third-order valence-electron chi connectivity index (χ3n) is 3.42. The van der Waals surface area contributed by atoms with E-state index in [0.29, 0.717) is 6.17 Å². The molecular weight excluding hydrogens is 172 g/mol. The van der Waals surface area contributed by atoms with Crippen LogP contribution in [-0.2, 0) is 0 Å². The molecule has 0 saturated carbocycles. The Labute approximate surface area is 84.9 Å². The van der Waals surface area contributed by atoms with Gasteiger partial charge >= 0.3 is 0 Å². The normalized spacial score (nSPS) is 32.0. The Morgan fingerprint density at radius 2 is 2.07 bits per heavy atom. The van der Waals surface area contributed by atoms with Gasteiger partial charge in [0.05, 0.1) is 6.17 Å². The van der Waals surface area contributed by atoms with Crippen molar-refractivity contribution in [2.75, 3.05) is 13.1 Å². The maximum absolute atomic E-state index is 3.60. The van der Waals surface area contributed by atoms with Gasteiger partial charge in [-0.1, -0.05) is 30.3 Å². The van der Waals surface area contributed by atoms with E-state index in [4.69, 9.17) is 0 Å². The summed E-state index contributed by atoms with van der Waals surface area (Å²) >= 11 is 0. The second kappa shape index (κ2) is 3.37. The summed E-state index contributed by atoms with van der Waals surface area (Å²) in [4.78, 5) is 2.61. The minimum atomic E-state index is 0.476. The molecule has 2 saturated heterocycles. The highest BCUT2D eigenvalue weighted by atomic mass is 15.4. The molecule has 2 aliphatic heterocycles. The molecule has 0 amide bonds. The molecule has 1 aromatic rings. The molecule has 2 fully saturated rings. The molecule has 0 radical (unpaired) electrons. The van der Waals surface area contributed by atoms with Crippen LogP contribution in [0, 0.1) is 0 Å². The van der Waals surface area contributed by atoms with E-state index in [1.807, 2.05) is 0 Å². The van der Waals surface area contributed by atoms with Crippen molar-refractivity contribution in [3.05, 3.63) is 35.9 Å². The van der Waals surface area contributed by atoms with Crippen molar-refractivity contribution in [1.82, 2.24) is 10.2 Å². The summed E-state index contributed by atoms with van der Waals surface area (Å²) in [6.45, 7) is 2.43. The van der Waals surface area contributed by atoms with E-state index in [1.165, 1.54) is 31.5 Å². The quantitative estimate of drug-likeness (QED) is 0.722. The van der Waals surface area contributed by atoms with Crippen LogP contribution in [0.2, 0.25) is 0 Å². The van der Waals surface area contributed by atoms with E-state index in [-0.39, 0.29) is 0 Å². The van der Waals surface area contributed by atoms with Crippen LogP contribution in [0.25, 0.3) is 0 Å². The van der Waals surface area contributed by atoms with Crippen molar-refractivity contribution in [3.63, 3.8) is 0 Å². The van der Waals surface area contributed by atoms with Crippen molar-refractivity contribution in [2.24, 2.45) is 0 Å². The molecule has 0 spiro atoms. The standard InChI is InChI=1S/C12H16N2/c1-2-5-10(6-3-1)12-13-9-11-7-4-8-14(11)12/h1-3,5-6,11-13H,4,7-9H2/t11-,12+/m0/s1. The molecule has 0 unspecified atom stereocenters. The van der Waals surface area contributed by atoms with Crippen LogP contribution in [0.4, 0.5) is 0 Å². The van der Waals surface area contributed by atoms with Crippen LogP contribution in [0.1, 0.15) is 24.6 Å². The van der Waals surface area contributed by atoms with E-state index in [9.17, 15) is 0 Å². The van der Waals surface area contributed by atoms with Gasteiger partial charge in [0.15, 0.2) is 0 Å². The minimum absolute atomic E-state index is 0.476. The molecule has 2 atom stereocenters. The molecule has 2 heteroatoms. The zero-order valence-electron chi connectivity index (χ0n) is 8.32. The first-order valence-corrected chi connectivity index (χ1v) is 5.49. The number of fused-ring (bicyclic) bond motifs is 1. The number of benzene rings is 1. The number of hydrogen-bond donors (Lipinski definition) is 1. The van der Waals surface area contributed by atoms with Gasteiger partial charge in [-0.25, -0.2) is 0 Å². The SMILES string of the molecule is c1ccc([C@@H]2NC[C@@H]3CCCN32)cc1. The van der Waals surface area contributed by atoms with Gasteiger partial charge < -0.3 is 0 Å². The van der Waals surface area contributed by atoms with Crippen LogP contribution in [0.5, 0.6) is 0 Å². The Balaban J connectivity index is 1.86. The lowest BCUT2D eigenvalue weighted by Gasteiger charge is -2.23. The third-order valence-corrected chi connectivity index (χ3v) is 3.42. The lowest BCUT2D eigenvalue weighted by Crippen LogP contribution is -2.28. The fraction of sp³-hybridized carbons (Fsp3) is 0.500. The topological polar surface area (TPSA) is 15.3 Å². The van der Waals surface area contributed by atoms with E-state index in [0.717, 1.165) is 6.04 Å². The summed E-state index contributed by atoms with van der Waals surface area (Å²) in [7, 11) is 0. The molecule has 3 rings (SSSR count). The Morgan fingerprint density at radius 3 is 2.93 bits per heavy atom. The van der Waals surface area contributed by atoms with Crippen molar-refractivity contribution in [3.8, 4) is 0 Å². The molecule has 0 aliphatic carbocycles. The fourth-order valence-corrected chi connectivity index (χ4v) is 2.73. The molecule has 0 aromatic heterocycles. The maximum Gasteiger partial charge on any atom is 0.0864 e. The molecular formula is C12H16N2. The molecule has 74 valence electrons. The monoisotopic (exact) mass is 188 g/mol. The van der Waals surface area contributed by atoms with Gasteiger partial charge in [0.2, 0.25) is 0 Å². The summed E-state index contributed by atoms with van der Waals surface area (Å²) in [5.41, 5.74) is 1.41. The molecule has 2 heterocycles. The second-order valence-electron chi connectivity index (χ2n) is 4.26. The lowest BCUT2D eigenvalue weighted by atomic mass is 10.1. The van der Waals surface area contributed by atoms with Crippen LogP contribution >= 0.6 is 0 Å². The van der Waals surface area contributed by atoms with Crippen LogP contribution in [0.3, 0.4) is 0 Å². The molecule has 1 N–H and O–H groups in total. The number of nitrogens with zero attached hydrogens (tertiary/aromatic N) is 1. The van der Waals surface area contributed by atoms with Gasteiger partial charge in [0.25, 0.3) is 0 Å². The highest BCUT2D eigenvalue weighted by molar-refractivity contribution is 5.20. The zero-order chi connectivity index (χ0) is 9.38. The van der Waals surface area contributed by atoms with Crippen molar-refractivity contribution in [2.45, 2.75) is 25.0 Å². The van der Waals surface area contributed by atoms with Gasteiger partial charge in [0.1, 0.15) is 0 Å². The van der Waals surface area contributed by atoms with Crippen molar-refractivity contribution < 1.29 is 0 Å². The summed E-state index contributed by atoms with van der Waals surface area (Å²) in [5, 5.41) is 3.60. The van der Waals surface area contributed by atoms with Crippen LogP contribution in [0.15, 0.2) is 30.3 Å². The maximum atomic E-state index is 3.60. The molecule has 14 heavy (non-hydrogen) atoms. The Hall–Kier alpha value is -0.860. The summed E-state index contributed by atoms with van der Waals surface area (Å²) in [6.07, 6.45) is 3.22. The van der Waals surface area contributed by atoms with Crippen LogP contribution in [-0.4, -0.2) is 24.0 Å². The minimum Gasteiger partial charge on any atom is -0.296 e. The van der Waals surface area contributed by atoms with Gasteiger partial charge in [-0.15, -0.1) is 0 Å². The van der Waals surface area contributed by atoms with Gasteiger partial charge in [-0.05, 0) is 18.4 Å². The van der Waals surface area contributed by atoms with Crippen LogP contribution < -0.4 is 5.32 Å². The summed E-state index contributed by atoms with van der Waals surface area (Å²) < 4.78 is 0. The average Bonchev–Trinajstić information content (AvgIpc) is 2.79. The fourth-order valence-electron chi connectivity index (χ4n) is 2.73. The highest BCUT2D eigenvalue weighted by Gasteiger charge is 2.36. The number of rotatable bonds is 1. The Bertz CT molecular complexity index is 309. The summed E-state index contributed by atoms with van der Waals surface area (Å²) in [5.74, 6) is 0. The smallest absolute Gasteiger partial charge is 0.0864 e. The van der Waals surface area contributed by atoms with Crippen molar-refractivity contribution in [1.29, 1.82) is 0 Å². The predicted octanol–water partition coefficient (Wildman–Crippen LogP) is 1.75. The number of hydrogen-bond acceptors (Lipinski definition) is 2. The highest BCUT2D eigenvalue weighted by Crippen LogP contribution is 2.31. The Kier molecular flexibility index (Phi) is 2.03. The first kappa shape index (κ1) is 8.45. The number of nitrogens with one attached hydrogen (secondary N) is 1. The molecule has 2 aliphatic rings. The first-order valence-electron chi connectivity index (χ1n) is 5.49. The van der Waals surface area contributed by atoms with Gasteiger partial charge in [0, 0.05) is 19.1 Å². The van der Waals surface area contributed by atoms with E-state index in [1.54, 1.807) is 0 Å². The molecule has 2 nitrogen and oxygen atoms in total. The molecule has 0 bridgehead atoms. The summed E-state index contributed by atoms with van der Waals surface area (Å²) in [6, 6.07) is 11.6.